The maximum absolute atomic E-state index is 11.5. The van der Waals surface area contributed by atoms with Crippen molar-refractivity contribution in [3.63, 3.8) is 0 Å². The number of aromatic amines is 1. The first-order valence-electron chi connectivity index (χ1n) is 5.69. The molecule has 0 aliphatic heterocycles. The van der Waals surface area contributed by atoms with Crippen LogP contribution in [0.25, 0.3) is 0 Å². The maximum Gasteiger partial charge on any atom is 0.295 e. The quantitative estimate of drug-likeness (QED) is 0.815. The van der Waals surface area contributed by atoms with Crippen LogP contribution in [0.5, 0.6) is 5.75 Å². The Morgan fingerprint density at radius 2 is 2.19 bits per heavy atom. The predicted molar refractivity (Wildman–Crippen MR) is 61.9 cm³/mol. The van der Waals surface area contributed by atoms with Crippen LogP contribution in [0.15, 0.2) is 11.1 Å². The van der Waals surface area contributed by atoms with Gasteiger partial charge in [0.1, 0.15) is 0 Å². The highest BCUT2D eigenvalue weighted by Gasteiger charge is 2.16. The molecule has 5 heteroatoms. The molecule has 0 spiro atoms. The molecule has 1 aliphatic carbocycles. The van der Waals surface area contributed by atoms with Gasteiger partial charge in [-0.25, -0.2) is 4.98 Å². The van der Waals surface area contributed by atoms with Gasteiger partial charge in [0, 0.05) is 6.04 Å². The molecule has 1 aromatic heterocycles. The first-order valence-corrected chi connectivity index (χ1v) is 5.69. The van der Waals surface area contributed by atoms with Crippen molar-refractivity contribution in [2.75, 3.05) is 12.4 Å². The fourth-order valence-electron chi connectivity index (χ4n) is 2.12. The van der Waals surface area contributed by atoms with Crippen molar-refractivity contribution >= 4 is 5.82 Å². The normalized spacial score (nSPS) is 17.1. The van der Waals surface area contributed by atoms with Gasteiger partial charge in [-0.15, -0.1) is 0 Å². The lowest BCUT2D eigenvalue weighted by atomic mass is 9.95. The van der Waals surface area contributed by atoms with E-state index in [0.717, 1.165) is 12.8 Å². The zero-order chi connectivity index (χ0) is 11.4. The third kappa shape index (κ3) is 2.35. The summed E-state index contributed by atoms with van der Waals surface area (Å²) in [6, 6.07) is 0.414. The van der Waals surface area contributed by atoms with Crippen LogP contribution in [0.3, 0.4) is 0 Å². The number of hydrogen-bond donors (Lipinski definition) is 2. The van der Waals surface area contributed by atoms with E-state index in [4.69, 9.17) is 4.74 Å². The molecule has 1 aliphatic rings. The highest BCUT2D eigenvalue weighted by atomic mass is 16.5. The monoisotopic (exact) mass is 223 g/mol. The van der Waals surface area contributed by atoms with Crippen LogP contribution in [0, 0.1) is 0 Å². The number of nitrogens with zero attached hydrogens (tertiary/aromatic N) is 1. The lowest BCUT2D eigenvalue weighted by Gasteiger charge is -2.23. The zero-order valence-electron chi connectivity index (χ0n) is 9.45. The van der Waals surface area contributed by atoms with Crippen molar-refractivity contribution in [3.8, 4) is 5.75 Å². The summed E-state index contributed by atoms with van der Waals surface area (Å²) in [6.45, 7) is 0. The van der Waals surface area contributed by atoms with Crippen LogP contribution < -0.4 is 15.6 Å². The molecule has 0 atom stereocenters. The van der Waals surface area contributed by atoms with Gasteiger partial charge in [-0.1, -0.05) is 19.3 Å². The van der Waals surface area contributed by atoms with Gasteiger partial charge in [0.05, 0.1) is 13.4 Å². The second-order valence-electron chi connectivity index (χ2n) is 4.09. The number of methoxy groups -OCH3 is 1. The second-order valence-corrected chi connectivity index (χ2v) is 4.09. The van der Waals surface area contributed by atoms with Gasteiger partial charge >= 0.3 is 0 Å². The van der Waals surface area contributed by atoms with Crippen molar-refractivity contribution in [2.24, 2.45) is 0 Å². The highest BCUT2D eigenvalue weighted by molar-refractivity contribution is 5.48. The first kappa shape index (κ1) is 11.0. The van der Waals surface area contributed by atoms with Gasteiger partial charge < -0.3 is 15.0 Å². The lowest BCUT2D eigenvalue weighted by molar-refractivity contribution is 0.404. The standard InChI is InChI=1S/C11H17N3O2/c1-16-9-10(12-7-13-11(9)15)14-8-5-3-2-4-6-8/h7-8H,2-6H2,1H3,(H2,12,13,14,15). The number of aromatic nitrogens is 2. The number of ether oxygens (including phenoxy) is 1. The molecule has 16 heavy (non-hydrogen) atoms. The van der Waals surface area contributed by atoms with Crippen LogP contribution in [0.2, 0.25) is 0 Å². The molecule has 0 radical (unpaired) electrons. The molecule has 0 amide bonds. The molecular weight excluding hydrogens is 206 g/mol. The van der Waals surface area contributed by atoms with Gasteiger partial charge in [-0.05, 0) is 12.8 Å². The average Bonchev–Trinajstić information content (AvgIpc) is 2.31. The largest absolute Gasteiger partial charge is 0.489 e. The molecule has 1 fully saturated rings. The minimum absolute atomic E-state index is 0.240. The van der Waals surface area contributed by atoms with E-state index in [9.17, 15) is 4.79 Å². The lowest BCUT2D eigenvalue weighted by Crippen LogP contribution is -2.25. The van der Waals surface area contributed by atoms with Crippen LogP contribution in [-0.2, 0) is 0 Å². The molecule has 0 unspecified atom stereocenters. The summed E-state index contributed by atoms with van der Waals surface area (Å²) in [5.41, 5.74) is -0.240. The summed E-state index contributed by atoms with van der Waals surface area (Å²) < 4.78 is 5.05. The Bertz CT molecular complexity index is 396. The minimum atomic E-state index is -0.240. The molecule has 1 saturated carbocycles. The summed E-state index contributed by atoms with van der Waals surface area (Å²) in [4.78, 5) is 18.1. The Hall–Kier alpha value is -1.52. The smallest absolute Gasteiger partial charge is 0.295 e. The molecule has 0 bridgehead atoms. The van der Waals surface area contributed by atoms with Crippen molar-refractivity contribution in [1.82, 2.24) is 9.97 Å². The van der Waals surface area contributed by atoms with E-state index in [1.54, 1.807) is 0 Å². The number of H-pyrrole nitrogens is 1. The fourth-order valence-corrected chi connectivity index (χ4v) is 2.12. The second kappa shape index (κ2) is 5.01. The predicted octanol–water partition coefficient (Wildman–Crippen LogP) is 1.52. The van der Waals surface area contributed by atoms with E-state index in [0.29, 0.717) is 11.9 Å². The van der Waals surface area contributed by atoms with Gasteiger partial charge in [0.2, 0.25) is 5.75 Å². The van der Waals surface area contributed by atoms with Crippen LogP contribution in [-0.4, -0.2) is 23.1 Å². The summed E-state index contributed by atoms with van der Waals surface area (Å²) in [5, 5.41) is 3.29. The zero-order valence-corrected chi connectivity index (χ0v) is 9.45. The molecule has 5 nitrogen and oxygen atoms in total. The summed E-state index contributed by atoms with van der Waals surface area (Å²) in [7, 11) is 1.48. The van der Waals surface area contributed by atoms with E-state index in [-0.39, 0.29) is 11.3 Å². The third-order valence-corrected chi connectivity index (χ3v) is 2.96. The first-order chi connectivity index (χ1) is 7.81. The Morgan fingerprint density at radius 3 is 2.88 bits per heavy atom. The van der Waals surface area contributed by atoms with Crippen molar-refractivity contribution in [1.29, 1.82) is 0 Å². The molecule has 2 rings (SSSR count). The Morgan fingerprint density at radius 1 is 1.44 bits per heavy atom. The average molecular weight is 223 g/mol. The molecule has 2 N–H and O–H groups in total. The molecular formula is C11H17N3O2. The van der Waals surface area contributed by atoms with Gasteiger partial charge in [0.15, 0.2) is 5.82 Å². The number of nitrogens with one attached hydrogen (secondary N) is 2. The summed E-state index contributed by atoms with van der Waals surface area (Å²) in [6.07, 6.45) is 7.45. The Kier molecular flexibility index (Phi) is 3.44. The molecule has 0 aromatic carbocycles. The number of rotatable bonds is 3. The minimum Gasteiger partial charge on any atom is -0.489 e. The van der Waals surface area contributed by atoms with Gasteiger partial charge in [-0.2, -0.15) is 0 Å². The Labute approximate surface area is 94.2 Å². The fraction of sp³-hybridized carbons (Fsp3) is 0.636. The van der Waals surface area contributed by atoms with E-state index in [2.05, 4.69) is 15.3 Å². The van der Waals surface area contributed by atoms with Crippen molar-refractivity contribution in [3.05, 3.63) is 16.7 Å². The van der Waals surface area contributed by atoms with Crippen LogP contribution in [0.4, 0.5) is 5.82 Å². The van der Waals surface area contributed by atoms with E-state index < -0.39 is 0 Å². The van der Waals surface area contributed by atoms with Gasteiger partial charge in [0.25, 0.3) is 5.56 Å². The maximum atomic E-state index is 11.5. The Balaban J connectivity index is 2.13. The topological polar surface area (TPSA) is 67.0 Å². The number of hydrogen-bond acceptors (Lipinski definition) is 4. The summed E-state index contributed by atoms with van der Waals surface area (Å²) >= 11 is 0. The van der Waals surface area contributed by atoms with E-state index in [1.807, 2.05) is 0 Å². The molecule has 1 heterocycles. The van der Waals surface area contributed by atoms with Crippen molar-refractivity contribution < 1.29 is 4.74 Å². The third-order valence-electron chi connectivity index (χ3n) is 2.96. The number of anilines is 1. The van der Waals surface area contributed by atoms with Crippen molar-refractivity contribution in [2.45, 2.75) is 38.1 Å². The van der Waals surface area contributed by atoms with Crippen LogP contribution >= 0.6 is 0 Å². The highest BCUT2D eigenvalue weighted by Crippen LogP contribution is 2.23. The molecule has 1 aromatic rings. The SMILES string of the molecule is COc1c(NC2CCCCC2)nc[nH]c1=O. The molecule has 88 valence electrons. The van der Waals surface area contributed by atoms with Crippen LogP contribution in [0.1, 0.15) is 32.1 Å². The van der Waals surface area contributed by atoms with Gasteiger partial charge in [-0.3, -0.25) is 4.79 Å². The molecule has 0 saturated heterocycles. The summed E-state index contributed by atoms with van der Waals surface area (Å²) in [5.74, 6) is 0.825. The van der Waals surface area contributed by atoms with E-state index >= 15 is 0 Å². The van der Waals surface area contributed by atoms with E-state index in [1.165, 1.54) is 32.7 Å².